The predicted molar refractivity (Wildman–Crippen MR) is 64.4 cm³/mol. The highest BCUT2D eigenvalue weighted by atomic mass is 16.5. The van der Waals surface area contributed by atoms with Crippen molar-refractivity contribution in [2.75, 3.05) is 0 Å². The van der Waals surface area contributed by atoms with E-state index in [0.29, 0.717) is 6.42 Å². The third-order valence-corrected chi connectivity index (χ3v) is 2.85. The summed E-state index contributed by atoms with van der Waals surface area (Å²) in [7, 11) is 0. The number of ether oxygens (including phenoxy) is 1. The van der Waals surface area contributed by atoms with E-state index in [1.165, 1.54) is 0 Å². The van der Waals surface area contributed by atoms with Crippen LogP contribution >= 0.6 is 0 Å². The van der Waals surface area contributed by atoms with E-state index >= 15 is 0 Å². The van der Waals surface area contributed by atoms with Gasteiger partial charge in [-0.05, 0) is 30.7 Å². The zero-order chi connectivity index (χ0) is 11.4. The van der Waals surface area contributed by atoms with Gasteiger partial charge in [0.2, 0.25) is 0 Å². The molecule has 0 bridgehead atoms. The molecule has 2 rings (SSSR count). The van der Waals surface area contributed by atoms with E-state index in [0.717, 1.165) is 5.75 Å². The Morgan fingerprint density at radius 2 is 2.00 bits per heavy atom. The number of hydrogen-bond acceptors (Lipinski definition) is 2. The Morgan fingerprint density at radius 1 is 1.25 bits per heavy atom. The lowest BCUT2D eigenvalue weighted by atomic mass is 9.89. The summed E-state index contributed by atoms with van der Waals surface area (Å²) in [6.45, 7) is 1.95. The first-order valence-corrected chi connectivity index (χ1v) is 5.55. The predicted octanol–water partition coefficient (Wildman–Crippen LogP) is 2.70. The molecule has 2 unspecified atom stereocenters. The first-order chi connectivity index (χ1) is 7.74. The normalized spacial score (nSPS) is 28.0. The molecule has 1 aromatic carbocycles. The van der Waals surface area contributed by atoms with Gasteiger partial charge in [-0.15, -0.1) is 0 Å². The molecule has 16 heavy (non-hydrogen) atoms. The highest BCUT2D eigenvalue weighted by molar-refractivity contribution is 5.27. The summed E-state index contributed by atoms with van der Waals surface area (Å²) in [4.78, 5) is 0. The zero-order valence-corrected chi connectivity index (χ0v) is 9.34. The van der Waals surface area contributed by atoms with Crippen molar-refractivity contribution in [1.29, 1.82) is 0 Å². The van der Waals surface area contributed by atoms with Crippen LogP contribution in [0.25, 0.3) is 0 Å². The van der Waals surface area contributed by atoms with Gasteiger partial charge in [0, 0.05) is 0 Å². The maximum atomic E-state index is 10.3. The molecule has 84 valence electrons. The summed E-state index contributed by atoms with van der Waals surface area (Å²) in [5.41, 5.74) is -0.898. The molecule has 0 aliphatic heterocycles. The molecule has 0 saturated carbocycles. The van der Waals surface area contributed by atoms with Gasteiger partial charge < -0.3 is 9.84 Å². The monoisotopic (exact) mass is 216 g/mol. The van der Waals surface area contributed by atoms with Gasteiger partial charge in [-0.3, -0.25) is 0 Å². The molecule has 0 saturated heterocycles. The smallest absolute Gasteiger partial charge is 0.149 e. The van der Waals surface area contributed by atoms with Crippen molar-refractivity contribution in [3.63, 3.8) is 0 Å². The van der Waals surface area contributed by atoms with Crippen LogP contribution in [0.15, 0.2) is 54.6 Å². The number of aliphatic hydroxyl groups is 1. The topological polar surface area (TPSA) is 29.5 Å². The van der Waals surface area contributed by atoms with Crippen LogP contribution in [-0.4, -0.2) is 16.8 Å². The first kappa shape index (κ1) is 11.0. The lowest BCUT2D eigenvalue weighted by Crippen LogP contribution is -2.43. The third-order valence-electron chi connectivity index (χ3n) is 2.85. The molecule has 1 N–H and O–H groups in total. The minimum Gasteiger partial charge on any atom is -0.483 e. The fourth-order valence-electron chi connectivity index (χ4n) is 1.75. The van der Waals surface area contributed by atoms with Crippen molar-refractivity contribution < 1.29 is 9.84 Å². The Balaban J connectivity index is 2.15. The van der Waals surface area contributed by atoms with Crippen LogP contribution in [0, 0.1) is 0 Å². The lowest BCUT2D eigenvalue weighted by molar-refractivity contribution is -0.00507. The molecule has 2 heteroatoms. The Hall–Kier alpha value is -1.54. The van der Waals surface area contributed by atoms with Gasteiger partial charge in [0.15, 0.2) is 0 Å². The highest BCUT2D eigenvalue weighted by Gasteiger charge is 2.33. The number of rotatable bonds is 3. The average molecular weight is 216 g/mol. The van der Waals surface area contributed by atoms with Gasteiger partial charge in [-0.25, -0.2) is 0 Å². The van der Waals surface area contributed by atoms with Gasteiger partial charge in [0.1, 0.15) is 17.5 Å². The minimum absolute atomic E-state index is 0.315. The summed E-state index contributed by atoms with van der Waals surface area (Å²) in [5, 5.41) is 10.3. The van der Waals surface area contributed by atoms with E-state index in [1.807, 2.05) is 55.5 Å². The van der Waals surface area contributed by atoms with Crippen molar-refractivity contribution >= 4 is 0 Å². The highest BCUT2D eigenvalue weighted by Crippen LogP contribution is 2.26. The van der Waals surface area contributed by atoms with Crippen molar-refractivity contribution in [3.8, 4) is 5.75 Å². The average Bonchev–Trinajstić information content (AvgIpc) is 2.34. The van der Waals surface area contributed by atoms with Crippen molar-refractivity contribution in [3.05, 3.63) is 54.6 Å². The number of allylic oxidation sites excluding steroid dienone is 2. The molecular weight excluding hydrogens is 200 g/mol. The van der Waals surface area contributed by atoms with Gasteiger partial charge in [0.25, 0.3) is 0 Å². The van der Waals surface area contributed by atoms with Gasteiger partial charge in [-0.1, -0.05) is 37.3 Å². The molecule has 2 nitrogen and oxygen atoms in total. The van der Waals surface area contributed by atoms with Gasteiger partial charge >= 0.3 is 0 Å². The Bertz CT molecular complexity index is 394. The van der Waals surface area contributed by atoms with Crippen LogP contribution in [0.1, 0.15) is 13.3 Å². The zero-order valence-electron chi connectivity index (χ0n) is 9.34. The van der Waals surface area contributed by atoms with Crippen molar-refractivity contribution in [2.24, 2.45) is 0 Å². The van der Waals surface area contributed by atoms with Gasteiger partial charge in [0.05, 0.1) is 0 Å². The van der Waals surface area contributed by atoms with E-state index in [-0.39, 0.29) is 6.10 Å². The van der Waals surface area contributed by atoms with E-state index in [1.54, 1.807) is 6.08 Å². The second-order valence-electron chi connectivity index (χ2n) is 3.94. The van der Waals surface area contributed by atoms with Crippen LogP contribution < -0.4 is 4.74 Å². The molecule has 0 spiro atoms. The fourth-order valence-corrected chi connectivity index (χ4v) is 1.75. The Kier molecular flexibility index (Phi) is 3.11. The van der Waals surface area contributed by atoms with Crippen LogP contribution in [-0.2, 0) is 0 Å². The maximum Gasteiger partial charge on any atom is 0.149 e. The molecule has 0 heterocycles. The Morgan fingerprint density at radius 3 is 2.69 bits per heavy atom. The Labute approximate surface area is 95.9 Å². The van der Waals surface area contributed by atoms with Crippen LogP contribution in [0.3, 0.4) is 0 Å². The van der Waals surface area contributed by atoms with E-state index < -0.39 is 5.60 Å². The lowest BCUT2D eigenvalue weighted by Gasteiger charge is -2.32. The molecule has 0 amide bonds. The number of hydrogen-bond donors (Lipinski definition) is 1. The SMILES string of the molecule is CCC1(O)C=CC=CC1Oc1ccccc1. The number of para-hydroxylation sites is 1. The molecular formula is C14H16O2. The number of benzene rings is 1. The molecule has 0 aromatic heterocycles. The standard InChI is InChI=1S/C14H16O2/c1-2-14(15)11-7-6-10-13(14)16-12-8-4-3-5-9-12/h3-11,13,15H,2H2,1H3. The summed E-state index contributed by atoms with van der Waals surface area (Å²) < 4.78 is 5.77. The minimum atomic E-state index is -0.898. The van der Waals surface area contributed by atoms with Crippen molar-refractivity contribution in [1.82, 2.24) is 0 Å². The largest absolute Gasteiger partial charge is 0.483 e. The fraction of sp³-hybridized carbons (Fsp3) is 0.286. The second kappa shape index (κ2) is 4.54. The maximum absolute atomic E-state index is 10.3. The summed E-state index contributed by atoms with van der Waals surface area (Å²) >= 11 is 0. The van der Waals surface area contributed by atoms with E-state index in [2.05, 4.69) is 0 Å². The van der Waals surface area contributed by atoms with E-state index in [9.17, 15) is 5.11 Å². The first-order valence-electron chi connectivity index (χ1n) is 5.55. The summed E-state index contributed by atoms with van der Waals surface area (Å²) in [6, 6.07) is 9.56. The molecule has 0 radical (unpaired) electrons. The van der Waals surface area contributed by atoms with Gasteiger partial charge in [-0.2, -0.15) is 0 Å². The van der Waals surface area contributed by atoms with Crippen LogP contribution in [0.2, 0.25) is 0 Å². The molecule has 2 atom stereocenters. The van der Waals surface area contributed by atoms with Crippen LogP contribution in [0.5, 0.6) is 5.75 Å². The second-order valence-corrected chi connectivity index (χ2v) is 3.94. The van der Waals surface area contributed by atoms with E-state index in [4.69, 9.17) is 4.74 Å². The third kappa shape index (κ3) is 2.17. The quantitative estimate of drug-likeness (QED) is 0.841. The molecule has 1 aromatic rings. The molecule has 1 aliphatic carbocycles. The van der Waals surface area contributed by atoms with Crippen LogP contribution in [0.4, 0.5) is 0 Å². The van der Waals surface area contributed by atoms with Crippen molar-refractivity contribution in [2.45, 2.75) is 25.0 Å². The summed E-state index contributed by atoms with van der Waals surface area (Å²) in [5.74, 6) is 0.777. The molecule has 1 aliphatic rings. The summed E-state index contributed by atoms with van der Waals surface area (Å²) in [6.07, 6.45) is 7.75. The molecule has 0 fully saturated rings.